The highest BCUT2D eigenvalue weighted by Gasteiger charge is 2.09. The van der Waals surface area contributed by atoms with E-state index < -0.39 is 0 Å². The Hall–Kier alpha value is -1.98. The van der Waals surface area contributed by atoms with Crippen LogP contribution in [0.15, 0.2) is 57.9 Å². The number of aliphatic hydroxyl groups excluding tert-OH is 1. The van der Waals surface area contributed by atoms with Crippen molar-refractivity contribution >= 4 is 26.7 Å². The van der Waals surface area contributed by atoms with Crippen LogP contribution in [0.2, 0.25) is 0 Å². The van der Waals surface area contributed by atoms with Crippen LogP contribution in [0.1, 0.15) is 5.56 Å². The normalized spacial score (nSPS) is 11.0. The molecule has 0 aliphatic carbocycles. The average molecular weight is 348 g/mol. The first kappa shape index (κ1) is 14.0. The summed E-state index contributed by atoms with van der Waals surface area (Å²) in [5.74, 6) is -0.348. The molecule has 3 nitrogen and oxygen atoms in total. The largest absolute Gasteiger partial charge is 0.392 e. The van der Waals surface area contributed by atoms with Gasteiger partial charge in [0.1, 0.15) is 5.82 Å². The molecule has 3 aromatic rings. The molecule has 0 radical (unpaired) electrons. The molecule has 1 heterocycles. The highest BCUT2D eigenvalue weighted by Crippen LogP contribution is 2.24. The Morgan fingerprint density at radius 1 is 1.10 bits per heavy atom. The lowest BCUT2D eigenvalue weighted by molar-refractivity contribution is 0.282. The van der Waals surface area contributed by atoms with Crippen molar-refractivity contribution in [2.24, 2.45) is 0 Å². The third-order valence-corrected chi connectivity index (χ3v) is 3.95. The Bertz CT molecular complexity index is 872. The Labute approximate surface area is 128 Å². The van der Waals surface area contributed by atoms with Crippen LogP contribution < -0.4 is 5.56 Å². The predicted molar refractivity (Wildman–Crippen MR) is 83.1 cm³/mol. The number of pyridine rings is 1. The van der Waals surface area contributed by atoms with Crippen LogP contribution in [-0.4, -0.2) is 9.67 Å². The summed E-state index contributed by atoms with van der Waals surface area (Å²) >= 11 is 3.44. The number of aliphatic hydroxyl groups is 1. The van der Waals surface area contributed by atoms with Gasteiger partial charge in [-0.2, -0.15) is 0 Å². The van der Waals surface area contributed by atoms with E-state index in [1.54, 1.807) is 36.5 Å². The summed E-state index contributed by atoms with van der Waals surface area (Å²) < 4.78 is 15.2. The van der Waals surface area contributed by atoms with Crippen molar-refractivity contribution in [1.82, 2.24) is 4.57 Å². The van der Waals surface area contributed by atoms with Crippen LogP contribution in [0.5, 0.6) is 0 Å². The molecule has 0 atom stereocenters. The molecule has 0 unspecified atom stereocenters. The zero-order chi connectivity index (χ0) is 15.0. The molecule has 5 heteroatoms. The molecule has 2 aromatic carbocycles. The summed E-state index contributed by atoms with van der Waals surface area (Å²) in [5.41, 5.74) is 1.14. The molecular weight excluding hydrogens is 337 g/mol. The van der Waals surface area contributed by atoms with Gasteiger partial charge >= 0.3 is 0 Å². The van der Waals surface area contributed by atoms with E-state index in [1.165, 1.54) is 16.7 Å². The molecular formula is C16H11BrFNO2. The molecule has 0 fully saturated rings. The lowest BCUT2D eigenvalue weighted by atomic mass is 10.1. The van der Waals surface area contributed by atoms with Gasteiger partial charge < -0.3 is 5.11 Å². The summed E-state index contributed by atoms with van der Waals surface area (Å²) in [6.07, 6.45) is 1.65. The minimum Gasteiger partial charge on any atom is -0.392 e. The first-order valence-corrected chi connectivity index (χ1v) is 7.10. The van der Waals surface area contributed by atoms with E-state index in [9.17, 15) is 14.3 Å². The number of benzene rings is 2. The van der Waals surface area contributed by atoms with E-state index in [1.807, 2.05) is 0 Å². The standard InChI is InChI=1S/C16H11BrFNO2/c17-15-8-19(12-4-2-11(18)3-5-12)16(21)13-6-1-10(9-20)7-14(13)15/h1-8,20H,9H2. The van der Waals surface area contributed by atoms with Gasteiger partial charge in [0.15, 0.2) is 0 Å². The summed E-state index contributed by atoms with van der Waals surface area (Å²) in [7, 11) is 0. The van der Waals surface area contributed by atoms with E-state index >= 15 is 0 Å². The maximum Gasteiger partial charge on any atom is 0.263 e. The zero-order valence-corrected chi connectivity index (χ0v) is 12.5. The van der Waals surface area contributed by atoms with E-state index in [0.29, 0.717) is 11.1 Å². The van der Waals surface area contributed by atoms with Crippen molar-refractivity contribution in [2.75, 3.05) is 0 Å². The highest BCUT2D eigenvalue weighted by molar-refractivity contribution is 9.10. The second kappa shape index (κ2) is 5.42. The molecule has 106 valence electrons. The molecule has 0 amide bonds. The Balaban J connectivity index is 2.29. The van der Waals surface area contributed by atoms with Gasteiger partial charge in [-0.25, -0.2) is 4.39 Å². The average Bonchev–Trinajstić information content (AvgIpc) is 2.51. The first-order chi connectivity index (χ1) is 10.1. The van der Waals surface area contributed by atoms with Gasteiger partial charge in [-0.3, -0.25) is 9.36 Å². The lowest BCUT2D eigenvalue weighted by Gasteiger charge is -2.10. The fourth-order valence-electron chi connectivity index (χ4n) is 2.24. The number of nitrogens with zero attached hydrogens (tertiary/aromatic N) is 1. The maximum absolute atomic E-state index is 13.0. The Morgan fingerprint density at radius 2 is 1.81 bits per heavy atom. The summed E-state index contributed by atoms with van der Waals surface area (Å²) in [5, 5.41) is 10.5. The lowest BCUT2D eigenvalue weighted by Crippen LogP contribution is -2.18. The van der Waals surface area contributed by atoms with Gasteiger partial charge in [0.05, 0.1) is 6.61 Å². The van der Waals surface area contributed by atoms with Crippen molar-refractivity contribution in [3.63, 3.8) is 0 Å². The highest BCUT2D eigenvalue weighted by atomic mass is 79.9. The zero-order valence-electron chi connectivity index (χ0n) is 10.9. The number of rotatable bonds is 2. The fourth-order valence-corrected chi connectivity index (χ4v) is 2.77. The molecule has 1 aromatic heterocycles. The molecule has 1 N–H and O–H groups in total. The predicted octanol–water partition coefficient (Wildman–Crippen LogP) is 3.38. The number of fused-ring (bicyclic) bond motifs is 1. The molecule has 0 spiro atoms. The summed E-state index contributed by atoms with van der Waals surface area (Å²) in [4.78, 5) is 12.6. The molecule has 0 bridgehead atoms. The molecule has 3 rings (SSSR count). The van der Waals surface area contributed by atoms with E-state index in [4.69, 9.17) is 0 Å². The smallest absolute Gasteiger partial charge is 0.263 e. The fraction of sp³-hybridized carbons (Fsp3) is 0.0625. The van der Waals surface area contributed by atoms with Gasteiger partial charge in [0, 0.05) is 27.1 Å². The van der Waals surface area contributed by atoms with Crippen molar-refractivity contribution in [1.29, 1.82) is 0 Å². The van der Waals surface area contributed by atoms with Crippen LogP contribution in [0.4, 0.5) is 4.39 Å². The molecule has 0 aliphatic heterocycles. The quantitative estimate of drug-likeness (QED) is 0.772. The van der Waals surface area contributed by atoms with Crippen molar-refractivity contribution in [3.05, 3.63) is 74.9 Å². The van der Waals surface area contributed by atoms with Gasteiger partial charge in [-0.15, -0.1) is 0 Å². The second-order valence-corrected chi connectivity index (χ2v) is 5.52. The summed E-state index contributed by atoms with van der Waals surface area (Å²) in [6.45, 7) is -0.0799. The van der Waals surface area contributed by atoms with Gasteiger partial charge in [-0.05, 0) is 57.9 Å². The van der Waals surface area contributed by atoms with E-state index in [-0.39, 0.29) is 18.0 Å². The molecule has 0 saturated carbocycles. The van der Waals surface area contributed by atoms with Gasteiger partial charge in [0.2, 0.25) is 0 Å². The molecule has 21 heavy (non-hydrogen) atoms. The maximum atomic E-state index is 13.0. The number of halogens is 2. The van der Waals surface area contributed by atoms with Gasteiger partial charge in [0.25, 0.3) is 5.56 Å². The van der Waals surface area contributed by atoms with E-state index in [0.717, 1.165) is 15.4 Å². The third kappa shape index (κ3) is 2.50. The Kier molecular flexibility index (Phi) is 3.61. The third-order valence-electron chi connectivity index (χ3n) is 3.32. The minimum absolute atomic E-state index is 0.0799. The first-order valence-electron chi connectivity index (χ1n) is 6.31. The van der Waals surface area contributed by atoms with Crippen LogP contribution in [0.3, 0.4) is 0 Å². The second-order valence-electron chi connectivity index (χ2n) is 4.67. The molecule has 0 aliphatic rings. The monoisotopic (exact) mass is 347 g/mol. The topological polar surface area (TPSA) is 42.2 Å². The van der Waals surface area contributed by atoms with Crippen LogP contribution >= 0.6 is 15.9 Å². The minimum atomic E-state index is -0.348. The van der Waals surface area contributed by atoms with E-state index in [2.05, 4.69) is 15.9 Å². The van der Waals surface area contributed by atoms with Crippen LogP contribution in [0, 0.1) is 5.82 Å². The van der Waals surface area contributed by atoms with Crippen molar-refractivity contribution < 1.29 is 9.50 Å². The summed E-state index contributed by atoms with van der Waals surface area (Å²) in [6, 6.07) is 10.9. The molecule has 0 saturated heterocycles. The van der Waals surface area contributed by atoms with Crippen molar-refractivity contribution in [3.8, 4) is 5.69 Å². The Morgan fingerprint density at radius 3 is 2.48 bits per heavy atom. The van der Waals surface area contributed by atoms with Crippen LogP contribution in [-0.2, 0) is 6.61 Å². The SMILES string of the molecule is O=c1c2ccc(CO)cc2c(Br)cn1-c1ccc(F)cc1. The van der Waals surface area contributed by atoms with Crippen molar-refractivity contribution in [2.45, 2.75) is 6.61 Å². The number of hydrogen-bond donors (Lipinski definition) is 1. The van der Waals surface area contributed by atoms with Crippen LogP contribution in [0.25, 0.3) is 16.5 Å². The number of hydrogen-bond acceptors (Lipinski definition) is 2. The van der Waals surface area contributed by atoms with Gasteiger partial charge in [-0.1, -0.05) is 6.07 Å². The number of aromatic nitrogens is 1.